The van der Waals surface area contributed by atoms with Crippen molar-refractivity contribution in [2.45, 2.75) is 20.0 Å². The largest absolute Gasteiger partial charge is 0.481 e. The van der Waals surface area contributed by atoms with Crippen LogP contribution in [0.3, 0.4) is 0 Å². The summed E-state index contributed by atoms with van der Waals surface area (Å²) in [5, 5.41) is 15.0. The van der Waals surface area contributed by atoms with E-state index in [0.29, 0.717) is 22.9 Å². The lowest BCUT2D eigenvalue weighted by Crippen LogP contribution is -2.30. The highest BCUT2D eigenvalue weighted by Gasteiger charge is 2.16. The van der Waals surface area contributed by atoms with Gasteiger partial charge in [-0.2, -0.15) is 5.26 Å². The maximum atomic E-state index is 11.9. The number of nitrogens with one attached hydrogen (secondary N) is 1. The van der Waals surface area contributed by atoms with Crippen LogP contribution in [0.2, 0.25) is 0 Å². The van der Waals surface area contributed by atoms with Crippen LogP contribution >= 0.6 is 0 Å². The van der Waals surface area contributed by atoms with Crippen molar-refractivity contribution in [1.29, 1.82) is 5.26 Å². The summed E-state index contributed by atoms with van der Waals surface area (Å²) in [5.74, 6) is 1.06. The number of ether oxygens (including phenoxy) is 1. The topological polar surface area (TPSA) is 88.1 Å². The quantitative estimate of drug-likeness (QED) is 0.921. The summed E-state index contributed by atoms with van der Waals surface area (Å²) in [4.78, 5) is 11.9. The van der Waals surface area contributed by atoms with E-state index in [4.69, 9.17) is 14.5 Å². The lowest BCUT2D eigenvalue weighted by atomic mass is 10.2. The van der Waals surface area contributed by atoms with Gasteiger partial charge >= 0.3 is 0 Å². The zero-order valence-electron chi connectivity index (χ0n) is 11.1. The number of carbonyl (C=O) groups excluding carboxylic acids is 1. The molecule has 6 heteroatoms. The van der Waals surface area contributed by atoms with Gasteiger partial charge in [0.2, 0.25) is 0 Å². The van der Waals surface area contributed by atoms with Crippen LogP contribution in [0, 0.1) is 18.3 Å². The second kappa shape index (κ2) is 5.89. The molecule has 2 aromatic rings. The maximum absolute atomic E-state index is 11.9. The van der Waals surface area contributed by atoms with Crippen molar-refractivity contribution in [3.63, 3.8) is 0 Å². The lowest BCUT2D eigenvalue weighted by molar-refractivity contribution is -0.122. The number of nitriles is 1. The van der Waals surface area contributed by atoms with E-state index in [0.717, 1.165) is 0 Å². The molecule has 1 amide bonds. The molecular weight excluding hydrogens is 258 g/mol. The van der Waals surface area contributed by atoms with Gasteiger partial charge in [0.05, 0.1) is 11.6 Å². The summed E-state index contributed by atoms with van der Waals surface area (Å²) in [6.45, 7) is 3.34. The van der Waals surface area contributed by atoms with Crippen molar-refractivity contribution in [1.82, 2.24) is 5.16 Å². The van der Waals surface area contributed by atoms with Crippen molar-refractivity contribution < 1.29 is 14.1 Å². The van der Waals surface area contributed by atoms with Gasteiger partial charge < -0.3 is 14.6 Å². The lowest BCUT2D eigenvalue weighted by Gasteiger charge is -2.13. The van der Waals surface area contributed by atoms with Gasteiger partial charge in [-0.15, -0.1) is 0 Å². The second-order valence-electron chi connectivity index (χ2n) is 4.21. The van der Waals surface area contributed by atoms with E-state index in [1.54, 1.807) is 44.2 Å². The van der Waals surface area contributed by atoms with Gasteiger partial charge in [0.1, 0.15) is 11.5 Å². The molecule has 0 aliphatic carbocycles. The molecule has 1 aromatic carbocycles. The Hall–Kier alpha value is -2.81. The number of aromatic nitrogens is 1. The minimum atomic E-state index is -0.721. The first kappa shape index (κ1) is 13.6. The first-order valence-electron chi connectivity index (χ1n) is 5.99. The fraction of sp³-hybridized carbons (Fsp3) is 0.214. The van der Waals surface area contributed by atoms with Crippen LogP contribution in [-0.4, -0.2) is 17.2 Å². The Morgan fingerprint density at radius 1 is 1.50 bits per heavy atom. The third-order valence-electron chi connectivity index (χ3n) is 2.52. The number of rotatable bonds is 4. The van der Waals surface area contributed by atoms with Crippen LogP contribution in [-0.2, 0) is 4.79 Å². The van der Waals surface area contributed by atoms with E-state index in [1.165, 1.54) is 0 Å². The average molecular weight is 271 g/mol. The van der Waals surface area contributed by atoms with Crippen LogP contribution in [0.5, 0.6) is 5.75 Å². The molecule has 0 saturated carbocycles. The monoisotopic (exact) mass is 271 g/mol. The number of carbonyl (C=O) groups is 1. The van der Waals surface area contributed by atoms with E-state index in [1.807, 2.05) is 6.07 Å². The van der Waals surface area contributed by atoms with Crippen LogP contribution in [0.4, 0.5) is 5.82 Å². The van der Waals surface area contributed by atoms with Crippen molar-refractivity contribution in [3.05, 3.63) is 41.7 Å². The van der Waals surface area contributed by atoms with Crippen molar-refractivity contribution in [2.75, 3.05) is 5.32 Å². The highest BCUT2D eigenvalue weighted by Crippen LogP contribution is 2.15. The minimum absolute atomic E-state index is 0.341. The molecule has 1 atom stereocenters. The number of hydrogen-bond donors (Lipinski definition) is 1. The van der Waals surface area contributed by atoms with E-state index >= 15 is 0 Å². The average Bonchev–Trinajstić information content (AvgIpc) is 2.84. The molecule has 0 fully saturated rings. The fourth-order valence-electron chi connectivity index (χ4n) is 1.55. The van der Waals surface area contributed by atoms with Crippen LogP contribution in [0.1, 0.15) is 18.2 Å². The first-order chi connectivity index (χ1) is 9.58. The Morgan fingerprint density at radius 2 is 2.30 bits per heavy atom. The maximum Gasteiger partial charge on any atom is 0.266 e. The summed E-state index contributed by atoms with van der Waals surface area (Å²) in [6, 6.07) is 10.2. The van der Waals surface area contributed by atoms with Gasteiger partial charge in [-0.05, 0) is 32.0 Å². The second-order valence-corrected chi connectivity index (χ2v) is 4.21. The first-order valence-corrected chi connectivity index (χ1v) is 5.99. The van der Waals surface area contributed by atoms with Gasteiger partial charge in [-0.3, -0.25) is 4.79 Å². The van der Waals surface area contributed by atoms with Crippen LogP contribution in [0.25, 0.3) is 0 Å². The highest BCUT2D eigenvalue weighted by molar-refractivity contribution is 5.93. The van der Waals surface area contributed by atoms with E-state index in [-0.39, 0.29) is 5.91 Å². The standard InChI is InChI=1S/C14H13N3O3/c1-9-6-13(17-20-9)16-14(18)10(2)19-12-5-3-4-11(7-12)8-15/h3-7,10H,1-2H3,(H,16,17,18)/t10-/m0/s1. The summed E-state index contributed by atoms with van der Waals surface area (Å²) in [7, 11) is 0. The minimum Gasteiger partial charge on any atom is -0.481 e. The highest BCUT2D eigenvalue weighted by atomic mass is 16.5. The molecule has 0 spiro atoms. The van der Waals surface area contributed by atoms with Gasteiger partial charge in [0.15, 0.2) is 11.9 Å². The third kappa shape index (κ3) is 3.36. The number of amides is 1. The zero-order chi connectivity index (χ0) is 14.5. The molecule has 0 aliphatic heterocycles. The summed E-state index contributed by atoms with van der Waals surface area (Å²) in [6.07, 6.45) is -0.721. The number of anilines is 1. The van der Waals surface area contributed by atoms with E-state index in [9.17, 15) is 4.79 Å². The Kier molecular flexibility index (Phi) is 4.01. The van der Waals surface area contributed by atoms with Gasteiger partial charge in [-0.25, -0.2) is 0 Å². The summed E-state index contributed by atoms with van der Waals surface area (Å²) in [5.41, 5.74) is 0.474. The molecule has 1 aromatic heterocycles. The summed E-state index contributed by atoms with van der Waals surface area (Å²) < 4.78 is 10.3. The van der Waals surface area contributed by atoms with Crippen LogP contribution < -0.4 is 10.1 Å². The Balaban J connectivity index is 1.98. The normalized spacial score (nSPS) is 11.4. The van der Waals surface area contributed by atoms with Crippen LogP contribution in [0.15, 0.2) is 34.9 Å². The number of aryl methyl sites for hydroxylation is 1. The molecule has 0 aliphatic rings. The Labute approximate surface area is 115 Å². The van der Waals surface area contributed by atoms with Crippen molar-refractivity contribution in [3.8, 4) is 11.8 Å². The molecular formula is C14H13N3O3. The molecule has 2 rings (SSSR count). The Morgan fingerprint density at radius 3 is 2.95 bits per heavy atom. The molecule has 20 heavy (non-hydrogen) atoms. The number of benzene rings is 1. The molecule has 6 nitrogen and oxygen atoms in total. The SMILES string of the molecule is Cc1cc(NC(=O)[C@H](C)Oc2cccc(C#N)c2)no1. The zero-order valence-corrected chi connectivity index (χ0v) is 11.1. The molecule has 0 bridgehead atoms. The van der Waals surface area contributed by atoms with Crippen molar-refractivity contribution >= 4 is 11.7 Å². The van der Waals surface area contributed by atoms with E-state index in [2.05, 4.69) is 10.5 Å². The molecule has 1 heterocycles. The van der Waals surface area contributed by atoms with Gasteiger partial charge in [0.25, 0.3) is 5.91 Å². The van der Waals surface area contributed by atoms with Gasteiger partial charge in [-0.1, -0.05) is 11.2 Å². The fourth-order valence-corrected chi connectivity index (χ4v) is 1.55. The Bertz CT molecular complexity index is 658. The predicted molar refractivity (Wildman–Crippen MR) is 71.1 cm³/mol. The molecule has 0 saturated heterocycles. The predicted octanol–water partition coefficient (Wildman–Crippen LogP) is 2.26. The summed E-state index contributed by atoms with van der Waals surface area (Å²) >= 11 is 0. The molecule has 0 radical (unpaired) electrons. The van der Waals surface area contributed by atoms with Gasteiger partial charge in [0, 0.05) is 6.07 Å². The van der Waals surface area contributed by atoms with Crippen molar-refractivity contribution in [2.24, 2.45) is 0 Å². The number of hydrogen-bond acceptors (Lipinski definition) is 5. The van der Waals surface area contributed by atoms with E-state index < -0.39 is 6.10 Å². The molecule has 0 unspecified atom stereocenters. The molecule has 102 valence electrons. The molecule has 1 N–H and O–H groups in total. The smallest absolute Gasteiger partial charge is 0.266 e. The third-order valence-corrected chi connectivity index (χ3v) is 2.52. The number of nitrogens with zero attached hydrogens (tertiary/aromatic N) is 2.